The minimum atomic E-state index is -0.284. The minimum Gasteiger partial charge on any atom is -0.381 e. The van der Waals surface area contributed by atoms with Gasteiger partial charge in [-0.25, -0.2) is 0 Å². The van der Waals surface area contributed by atoms with Crippen molar-refractivity contribution < 1.29 is 9.53 Å². The molecule has 2 nitrogen and oxygen atoms in total. The fourth-order valence-electron chi connectivity index (χ4n) is 2.98. The fraction of sp³-hybridized carbons (Fsp3) is 0.588. The highest BCUT2D eigenvalue weighted by molar-refractivity contribution is 5.90. The average molecular weight is 260 g/mol. The molecule has 1 aromatic rings. The molecule has 1 aliphatic rings. The number of carbonyl (C=O) groups excluding carboxylic acids is 1. The Bertz CT molecular complexity index is 391. The molecular formula is C17H24O2. The molecule has 0 amide bonds. The molecule has 0 aromatic heterocycles. The molecule has 1 aromatic carbocycles. The van der Waals surface area contributed by atoms with Crippen LogP contribution >= 0.6 is 0 Å². The summed E-state index contributed by atoms with van der Waals surface area (Å²) in [6, 6.07) is 10.3. The lowest BCUT2D eigenvalue weighted by Gasteiger charge is -2.36. The van der Waals surface area contributed by atoms with Gasteiger partial charge in [0.15, 0.2) is 0 Å². The summed E-state index contributed by atoms with van der Waals surface area (Å²) in [4.78, 5) is 12.7. The van der Waals surface area contributed by atoms with Gasteiger partial charge in [0.2, 0.25) is 0 Å². The van der Waals surface area contributed by atoms with Crippen molar-refractivity contribution in [3.8, 4) is 0 Å². The Morgan fingerprint density at radius 1 is 1.16 bits per heavy atom. The van der Waals surface area contributed by atoms with Crippen LogP contribution in [0.3, 0.4) is 0 Å². The van der Waals surface area contributed by atoms with Crippen molar-refractivity contribution >= 4 is 5.78 Å². The van der Waals surface area contributed by atoms with Crippen LogP contribution in [0.2, 0.25) is 0 Å². The van der Waals surface area contributed by atoms with Gasteiger partial charge in [-0.2, -0.15) is 0 Å². The molecule has 2 rings (SSSR count). The maximum atomic E-state index is 12.7. The largest absolute Gasteiger partial charge is 0.381 e. The number of benzene rings is 1. The summed E-state index contributed by atoms with van der Waals surface area (Å²) >= 11 is 0. The molecule has 1 aliphatic heterocycles. The number of unbranched alkanes of at least 4 members (excludes halogenated alkanes) is 2. The third kappa shape index (κ3) is 3.24. The molecule has 1 saturated heterocycles. The van der Waals surface area contributed by atoms with Gasteiger partial charge in [0.1, 0.15) is 5.78 Å². The summed E-state index contributed by atoms with van der Waals surface area (Å²) in [6.45, 7) is 3.58. The van der Waals surface area contributed by atoms with Gasteiger partial charge in [-0.1, -0.05) is 50.1 Å². The predicted octanol–water partition coefficient (Wildman–Crippen LogP) is 3.88. The first kappa shape index (κ1) is 14.3. The van der Waals surface area contributed by atoms with E-state index in [1.54, 1.807) is 0 Å². The molecule has 1 heterocycles. The second-order valence-corrected chi connectivity index (χ2v) is 5.44. The molecule has 0 unspecified atom stereocenters. The molecule has 0 bridgehead atoms. The van der Waals surface area contributed by atoms with Crippen molar-refractivity contribution in [2.75, 3.05) is 13.2 Å². The van der Waals surface area contributed by atoms with E-state index >= 15 is 0 Å². The smallest absolute Gasteiger partial charge is 0.143 e. The van der Waals surface area contributed by atoms with Crippen molar-refractivity contribution in [3.05, 3.63) is 35.9 Å². The van der Waals surface area contributed by atoms with Crippen molar-refractivity contribution in [3.63, 3.8) is 0 Å². The zero-order valence-corrected chi connectivity index (χ0v) is 11.9. The van der Waals surface area contributed by atoms with Crippen LogP contribution in [-0.2, 0) is 14.9 Å². The van der Waals surface area contributed by atoms with Crippen LogP contribution in [0.4, 0.5) is 0 Å². The first-order chi connectivity index (χ1) is 9.29. The second kappa shape index (κ2) is 6.85. The Morgan fingerprint density at radius 2 is 1.84 bits per heavy atom. The second-order valence-electron chi connectivity index (χ2n) is 5.44. The molecule has 104 valence electrons. The molecule has 0 saturated carbocycles. The number of carbonyl (C=O) groups is 1. The van der Waals surface area contributed by atoms with Gasteiger partial charge in [-0.3, -0.25) is 4.79 Å². The lowest BCUT2D eigenvalue weighted by molar-refractivity contribution is -0.128. The first-order valence-corrected chi connectivity index (χ1v) is 7.46. The molecule has 19 heavy (non-hydrogen) atoms. The quantitative estimate of drug-likeness (QED) is 0.725. The molecule has 0 N–H and O–H groups in total. The molecule has 0 radical (unpaired) electrons. The van der Waals surface area contributed by atoms with Gasteiger partial charge in [0.25, 0.3) is 0 Å². The van der Waals surface area contributed by atoms with E-state index in [2.05, 4.69) is 19.1 Å². The summed E-state index contributed by atoms with van der Waals surface area (Å²) in [5.41, 5.74) is 0.896. The van der Waals surface area contributed by atoms with E-state index < -0.39 is 0 Å². The molecular weight excluding hydrogens is 236 g/mol. The Morgan fingerprint density at radius 3 is 2.47 bits per heavy atom. The third-order valence-corrected chi connectivity index (χ3v) is 4.21. The van der Waals surface area contributed by atoms with Gasteiger partial charge in [0.05, 0.1) is 5.41 Å². The molecule has 0 aliphatic carbocycles. The Hall–Kier alpha value is -1.15. The summed E-state index contributed by atoms with van der Waals surface area (Å²) in [5.74, 6) is 0.412. The number of rotatable bonds is 6. The zero-order valence-electron chi connectivity index (χ0n) is 11.9. The van der Waals surface area contributed by atoms with Crippen LogP contribution in [0.1, 0.15) is 51.0 Å². The van der Waals surface area contributed by atoms with E-state index in [0.29, 0.717) is 25.4 Å². The monoisotopic (exact) mass is 260 g/mol. The number of ketones is 1. The standard InChI is InChI=1S/C17H24O2/c1-2-3-5-10-16(18)17(11-13-19-14-12-17)15-8-6-4-7-9-15/h4,6-9H,2-3,5,10-14H2,1H3. The van der Waals surface area contributed by atoms with E-state index in [1.165, 1.54) is 5.56 Å². The van der Waals surface area contributed by atoms with Crippen LogP contribution in [0.15, 0.2) is 30.3 Å². The molecule has 1 fully saturated rings. The maximum absolute atomic E-state index is 12.7. The number of hydrogen-bond acceptors (Lipinski definition) is 2. The van der Waals surface area contributed by atoms with Crippen LogP contribution < -0.4 is 0 Å². The van der Waals surface area contributed by atoms with E-state index in [9.17, 15) is 4.79 Å². The molecule has 0 atom stereocenters. The van der Waals surface area contributed by atoms with E-state index in [-0.39, 0.29) is 5.41 Å². The highest BCUT2D eigenvalue weighted by Gasteiger charge is 2.40. The van der Waals surface area contributed by atoms with Crippen molar-refractivity contribution in [2.24, 2.45) is 0 Å². The van der Waals surface area contributed by atoms with Crippen LogP contribution in [0, 0.1) is 0 Å². The average Bonchev–Trinajstić information content (AvgIpc) is 2.49. The highest BCUT2D eigenvalue weighted by Crippen LogP contribution is 2.37. The predicted molar refractivity (Wildman–Crippen MR) is 77.3 cm³/mol. The Labute approximate surface area is 116 Å². The normalized spacial score (nSPS) is 18.2. The highest BCUT2D eigenvalue weighted by atomic mass is 16.5. The minimum absolute atomic E-state index is 0.284. The van der Waals surface area contributed by atoms with Crippen LogP contribution in [-0.4, -0.2) is 19.0 Å². The number of Topliss-reactive ketones (excluding diaryl/α,β-unsaturated/α-hetero) is 1. The fourth-order valence-corrected chi connectivity index (χ4v) is 2.98. The number of hydrogen-bond donors (Lipinski definition) is 0. The number of ether oxygens (including phenoxy) is 1. The van der Waals surface area contributed by atoms with Gasteiger partial charge in [-0.05, 0) is 24.8 Å². The summed E-state index contributed by atoms with van der Waals surface area (Å²) in [5, 5.41) is 0. The Kier molecular flexibility index (Phi) is 5.15. The van der Waals surface area contributed by atoms with Gasteiger partial charge >= 0.3 is 0 Å². The summed E-state index contributed by atoms with van der Waals surface area (Å²) < 4.78 is 5.47. The van der Waals surface area contributed by atoms with Gasteiger partial charge in [0, 0.05) is 19.6 Å². The lowest BCUT2D eigenvalue weighted by atomic mass is 9.70. The van der Waals surface area contributed by atoms with E-state index in [0.717, 1.165) is 32.1 Å². The lowest BCUT2D eigenvalue weighted by Crippen LogP contribution is -2.41. The molecule has 2 heteroatoms. The maximum Gasteiger partial charge on any atom is 0.143 e. The third-order valence-electron chi connectivity index (χ3n) is 4.21. The van der Waals surface area contributed by atoms with Gasteiger partial charge in [-0.15, -0.1) is 0 Å². The van der Waals surface area contributed by atoms with Gasteiger partial charge < -0.3 is 4.74 Å². The SMILES string of the molecule is CCCCCC(=O)C1(c2ccccc2)CCOCC1. The Balaban J connectivity index is 2.17. The molecule has 0 spiro atoms. The van der Waals surface area contributed by atoms with Crippen molar-refractivity contribution in [2.45, 2.75) is 50.9 Å². The van der Waals surface area contributed by atoms with E-state index in [4.69, 9.17) is 4.74 Å². The topological polar surface area (TPSA) is 26.3 Å². The van der Waals surface area contributed by atoms with Crippen LogP contribution in [0.25, 0.3) is 0 Å². The van der Waals surface area contributed by atoms with Crippen molar-refractivity contribution in [1.29, 1.82) is 0 Å². The first-order valence-electron chi connectivity index (χ1n) is 7.46. The van der Waals surface area contributed by atoms with Crippen LogP contribution in [0.5, 0.6) is 0 Å². The van der Waals surface area contributed by atoms with Crippen molar-refractivity contribution in [1.82, 2.24) is 0 Å². The summed E-state index contributed by atoms with van der Waals surface area (Å²) in [6.07, 6.45) is 5.71. The summed E-state index contributed by atoms with van der Waals surface area (Å²) in [7, 11) is 0. The zero-order chi connectivity index (χ0) is 13.6. The van der Waals surface area contributed by atoms with E-state index in [1.807, 2.05) is 18.2 Å².